The zero-order valence-electron chi connectivity index (χ0n) is 13.6. The Morgan fingerprint density at radius 3 is 2.23 bits per heavy atom. The van der Waals surface area contributed by atoms with E-state index >= 15 is 0 Å². The van der Waals surface area contributed by atoms with Gasteiger partial charge >= 0.3 is 18.0 Å². The van der Waals surface area contributed by atoms with Gasteiger partial charge in [-0.15, -0.1) is 0 Å². The summed E-state index contributed by atoms with van der Waals surface area (Å²) in [6.45, 7) is 5.05. The minimum atomic E-state index is -1.30. The van der Waals surface area contributed by atoms with Gasteiger partial charge in [-0.3, -0.25) is 9.69 Å². The number of hydrogen-bond donors (Lipinski definition) is 1. The Hall–Kier alpha value is -1.79. The molecule has 0 aliphatic heterocycles. The summed E-state index contributed by atoms with van der Waals surface area (Å²) in [7, 11) is 1.30. The Balaban J connectivity index is 2.61. The molecule has 22 heavy (non-hydrogen) atoms. The fraction of sp³-hybridized carbons (Fsp3) is 0.800. The molecule has 1 N–H and O–H groups in total. The van der Waals surface area contributed by atoms with E-state index in [9.17, 15) is 19.5 Å². The van der Waals surface area contributed by atoms with Crippen LogP contribution in [0.15, 0.2) is 0 Å². The minimum Gasteiger partial charge on any atom is -0.480 e. The van der Waals surface area contributed by atoms with Crippen LogP contribution in [0, 0.1) is 0 Å². The number of likely N-dealkylation sites (N-methyl/N-ethyl adjacent to an activating group) is 1. The normalized spacial score (nSPS) is 16.9. The molecule has 1 rings (SSSR count). The molecule has 1 saturated carbocycles. The first-order valence-electron chi connectivity index (χ1n) is 7.48. The first-order valence-corrected chi connectivity index (χ1v) is 7.48. The number of hydrogen-bond acceptors (Lipinski definition) is 5. The average molecular weight is 315 g/mol. The smallest absolute Gasteiger partial charge is 0.410 e. The summed E-state index contributed by atoms with van der Waals surface area (Å²) < 4.78 is 10.4. The molecule has 7 heteroatoms. The number of carboxylic acids is 1. The van der Waals surface area contributed by atoms with Crippen molar-refractivity contribution in [3.05, 3.63) is 0 Å². The lowest BCUT2D eigenvalue weighted by atomic mass is 10.2. The van der Waals surface area contributed by atoms with E-state index in [4.69, 9.17) is 9.47 Å². The number of carbonyl (C=O) groups is 3. The van der Waals surface area contributed by atoms with Gasteiger partial charge < -0.3 is 14.6 Å². The SMILES string of the molecule is CN(C(=O)OC(C)(C)C)[C@@H](CC(=O)OC1CCCC1)C(=O)O. The summed E-state index contributed by atoms with van der Waals surface area (Å²) in [5, 5.41) is 9.24. The molecule has 0 aromatic heterocycles. The molecule has 0 unspecified atom stereocenters. The Kier molecular flexibility index (Phi) is 6.20. The highest BCUT2D eigenvalue weighted by Gasteiger charge is 2.33. The van der Waals surface area contributed by atoms with Crippen LogP contribution in [0.3, 0.4) is 0 Å². The van der Waals surface area contributed by atoms with E-state index in [0.717, 1.165) is 30.6 Å². The number of amides is 1. The lowest BCUT2D eigenvalue weighted by Gasteiger charge is -2.28. The van der Waals surface area contributed by atoms with Gasteiger partial charge in [-0.1, -0.05) is 0 Å². The summed E-state index contributed by atoms with van der Waals surface area (Å²) in [5.74, 6) is -1.87. The number of nitrogens with zero attached hydrogens (tertiary/aromatic N) is 1. The number of aliphatic carboxylic acids is 1. The van der Waals surface area contributed by atoms with Gasteiger partial charge in [-0.05, 0) is 46.5 Å². The molecule has 0 aromatic carbocycles. The fourth-order valence-corrected chi connectivity index (χ4v) is 2.25. The van der Waals surface area contributed by atoms with E-state index in [0.29, 0.717) is 0 Å². The van der Waals surface area contributed by atoms with Crippen LogP contribution in [-0.4, -0.2) is 52.8 Å². The molecule has 0 radical (unpaired) electrons. The van der Waals surface area contributed by atoms with Gasteiger partial charge in [-0.2, -0.15) is 0 Å². The molecule has 0 heterocycles. The van der Waals surface area contributed by atoms with Crippen molar-refractivity contribution in [1.29, 1.82) is 0 Å². The van der Waals surface area contributed by atoms with Crippen molar-refractivity contribution in [2.75, 3.05) is 7.05 Å². The van der Waals surface area contributed by atoms with Crippen LogP contribution in [0.25, 0.3) is 0 Å². The first-order chi connectivity index (χ1) is 10.1. The van der Waals surface area contributed by atoms with Crippen molar-refractivity contribution in [3.63, 3.8) is 0 Å². The second-order valence-electron chi connectivity index (χ2n) is 6.55. The lowest BCUT2D eigenvalue weighted by Crippen LogP contribution is -2.46. The standard InChI is InChI=1S/C15H25NO6/c1-15(2,3)22-14(20)16(4)11(13(18)19)9-12(17)21-10-7-5-6-8-10/h10-11H,5-9H2,1-4H3,(H,18,19)/t11-/m0/s1. The Bertz CT molecular complexity index is 422. The Labute approximate surface area is 130 Å². The summed E-state index contributed by atoms with van der Waals surface area (Å²) in [6.07, 6.45) is 2.34. The fourth-order valence-electron chi connectivity index (χ4n) is 2.25. The van der Waals surface area contributed by atoms with Crippen LogP contribution in [-0.2, 0) is 19.1 Å². The third-order valence-corrected chi connectivity index (χ3v) is 3.39. The molecule has 7 nitrogen and oxygen atoms in total. The molecule has 1 fully saturated rings. The summed E-state index contributed by atoms with van der Waals surface area (Å²) in [4.78, 5) is 36.0. The molecule has 0 aromatic rings. The van der Waals surface area contributed by atoms with Gasteiger partial charge in [0.15, 0.2) is 0 Å². The van der Waals surface area contributed by atoms with Crippen LogP contribution in [0.4, 0.5) is 4.79 Å². The van der Waals surface area contributed by atoms with Gasteiger partial charge in [0.05, 0.1) is 6.42 Å². The van der Waals surface area contributed by atoms with E-state index in [1.807, 2.05) is 0 Å². The third-order valence-electron chi connectivity index (χ3n) is 3.39. The monoisotopic (exact) mass is 315 g/mol. The van der Waals surface area contributed by atoms with Gasteiger partial charge in [0.2, 0.25) is 0 Å². The van der Waals surface area contributed by atoms with Crippen LogP contribution in [0.5, 0.6) is 0 Å². The number of ether oxygens (including phenoxy) is 2. The molecule has 1 aliphatic carbocycles. The molecule has 0 saturated heterocycles. The topological polar surface area (TPSA) is 93.1 Å². The van der Waals surface area contributed by atoms with E-state index in [2.05, 4.69) is 0 Å². The Morgan fingerprint density at radius 1 is 1.23 bits per heavy atom. The second-order valence-corrected chi connectivity index (χ2v) is 6.55. The summed E-state index contributed by atoms with van der Waals surface area (Å²) >= 11 is 0. The highest BCUT2D eigenvalue weighted by Crippen LogP contribution is 2.22. The van der Waals surface area contributed by atoms with Crippen molar-refractivity contribution in [1.82, 2.24) is 4.90 Å². The summed E-state index contributed by atoms with van der Waals surface area (Å²) in [6, 6.07) is -1.30. The van der Waals surface area contributed by atoms with E-state index in [1.54, 1.807) is 20.8 Å². The molecule has 1 atom stereocenters. The maximum atomic E-state index is 11.9. The molecular weight excluding hydrogens is 290 g/mol. The van der Waals surface area contributed by atoms with E-state index in [1.165, 1.54) is 7.05 Å². The van der Waals surface area contributed by atoms with Crippen molar-refractivity contribution < 1.29 is 29.0 Å². The third kappa shape index (κ3) is 5.91. The molecule has 126 valence electrons. The molecule has 0 bridgehead atoms. The second kappa shape index (κ2) is 7.47. The minimum absolute atomic E-state index is 0.131. The predicted molar refractivity (Wildman–Crippen MR) is 78.4 cm³/mol. The number of carbonyl (C=O) groups excluding carboxylic acids is 2. The average Bonchev–Trinajstić information content (AvgIpc) is 2.85. The molecule has 0 spiro atoms. The molecule has 1 amide bonds. The van der Waals surface area contributed by atoms with Gasteiger partial charge in [0.1, 0.15) is 17.7 Å². The van der Waals surface area contributed by atoms with Crippen molar-refractivity contribution in [2.24, 2.45) is 0 Å². The number of carboxylic acid groups (broad SMARTS) is 1. The summed E-state index contributed by atoms with van der Waals surface area (Å²) in [5.41, 5.74) is -0.737. The predicted octanol–water partition coefficient (Wildman–Crippen LogP) is 2.18. The maximum absolute atomic E-state index is 11.9. The van der Waals surface area contributed by atoms with Crippen molar-refractivity contribution in [3.8, 4) is 0 Å². The lowest BCUT2D eigenvalue weighted by molar-refractivity contribution is -0.155. The van der Waals surface area contributed by atoms with Crippen molar-refractivity contribution in [2.45, 2.75) is 70.6 Å². The zero-order chi connectivity index (χ0) is 16.9. The van der Waals surface area contributed by atoms with E-state index < -0.39 is 29.7 Å². The zero-order valence-corrected chi connectivity index (χ0v) is 13.6. The molecule has 1 aliphatic rings. The van der Waals surface area contributed by atoms with Crippen molar-refractivity contribution >= 4 is 18.0 Å². The first kappa shape index (κ1) is 18.3. The van der Waals surface area contributed by atoms with Crippen LogP contribution < -0.4 is 0 Å². The Morgan fingerprint density at radius 2 is 1.77 bits per heavy atom. The van der Waals surface area contributed by atoms with E-state index in [-0.39, 0.29) is 12.5 Å². The van der Waals surface area contributed by atoms with Gasteiger partial charge in [-0.25, -0.2) is 9.59 Å². The highest BCUT2D eigenvalue weighted by atomic mass is 16.6. The number of rotatable bonds is 5. The van der Waals surface area contributed by atoms with Crippen LogP contribution in [0.1, 0.15) is 52.9 Å². The van der Waals surface area contributed by atoms with Crippen LogP contribution in [0.2, 0.25) is 0 Å². The molecular formula is C15H25NO6. The van der Waals surface area contributed by atoms with Crippen LogP contribution >= 0.6 is 0 Å². The van der Waals surface area contributed by atoms with Gasteiger partial charge in [0, 0.05) is 7.05 Å². The highest BCUT2D eigenvalue weighted by molar-refractivity contribution is 5.85. The largest absolute Gasteiger partial charge is 0.480 e. The quantitative estimate of drug-likeness (QED) is 0.782. The maximum Gasteiger partial charge on any atom is 0.410 e. The van der Waals surface area contributed by atoms with Gasteiger partial charge in [0.25, 0.3) is 0 Å². The number of esters is 1.